The molecule has 1 aromatic rings. The summed E-state index contributed by atoms with van der Waals surface area (Å²) in [6.07, 6.45) is 12.3. The predicted octanol–water partition coefficient (Wildman–Crippen LogP) is 4.70. The van der Waals surface area contributed by atoms with Crippen LogP contribution in [0.15, 0.2) is 54.3 Å². The van der Waals surface area contributed by atoms with E-state index in [0.29, 0.717) is 29.7 Å². The number of aromatic nitrogens is 1. The van der Waals surface area contributed by atoms with Crippen LogP contribution in [-0.4, -0.2) is 18.1 Å². The molecule has 1 aliphatic carbocycles. The Morgan fingerprint density at radius 3 is 2.83 bits per heavy atom. The summed E-state index contributed by atoms with van der Waals surface area (Å²) in [7, 11) is 1.38. The molecule has 0 aromatic carbocycles. The highest BCUT2D eigenvalue weighted by molar-refractivity contribution is 5.74. The fourth-order valence-corrected chi connectivity index (χ4v) is 2.49. The minimum absolute atomic E-state index is 0.248. The summed E-state index contributed by atoms with van der Waals surface area (Å²) >= 11 is 0. The first kappa shape index (κ1) is 17.9. The number of nitrogens with zero attached hydrogens (tertiary/aromatic N) is 1. The van der Waals surface area contributed by atoms with E-state index in [-0.39, 0.29) is 11.8 Å². The van der Waals surface area contributed by atoms with Gasteiger partial charge in [-0.2, -0.15) is 0 Å². The predicted molar refractivity (Wildman–Crippen MR) is 93.8 cm³/mol. The molecule has 0 amide bonds. The van der Waals surface area contributed by atoms with Gasteiger partial charge in [-0.05, 0) is 60.6 Å². The number of ether oxygens (including phenoxy) is 1. The molecule has 1 aliphatic rings. The highest BCUT2D eigenvalue weighted by atomic mass is 19.1. The molecule has 3 nitrogen and oxygen atoms in total. The van der Waals surface area contributed by atoms with Gasteiger partial charge in [0.25, 0.3) is 0 Å². The molecule has 0 spiro atoms. The summed E-state index contributed by atoms with van der Waals surface area (Å²) in [4.78, 5) is 15.6. The van der Waals surface area contributed by atoms with E-state index in [2.05, 4.69) is 29.8 Å². The topological polar surface area (TPSA) is 39.2 Å². The number of esters is 1. The number of rotatable bonds is 6. The van der Waals surface area contributed by atoms with Gasteiger partial charge in [0, 0.05) is 6.42 Å². The summed E-state index contributed by atoms with van der Waals surface area (Å²) in [5, 5.41) is 0. The minimum Gasteiger partial charge on any atom is -0.469 e. The maximum Gasteiger partial charge on any atom is 0.305 e. The lowest BCUT2D eigenvalue weighted by Gasteiger charge is -2.13. The lowest BCUT2D eigenvalue weighted by molar-refractivity contribution is -0.140. The van der Waals surface area contributed by atoms with Crippen LogP contribution in [0.1, 0.15) is 36.9 Å². The quantitative estimate of drug-likeness (QED) is 0.561. The van der Waals surface area contributed by atoms with Gasteiger partial charge in [-0.15, -0.1) is 0 Å². The van der Waals surface area contributed by atoms with E-state index in [0.717, 1.165) is 24.0 Å². The lowest BCUT2D eigenvalue weighted by atomic mass is 9.93. The van der Waals surface area contributed by atoms with E-state index in [4.69, 9.17) is 4.74 Å². The third-order valence-electron chi connectivity index (χ3n) is 3.92. The van der Waals surface area contributed by atoms with Crippen molar-refractivity contribution in [3.63, 3.8) is 0 Å². The molecule has 0 fully saturated rings. The van der Waals surface area contributed by atoms with Crippen molar-refractivity contribution in [2.45, 2.75) is 32.6 Å². The van der Waals surface area contributed by atoms with E-state index >= 15 is 0 Å². The molecule has 1 aromatic heterocycles. The van der Waals surface area contributed by atoms with Crippen LogP contribution in [0.3, 0.4) is 0 Å². The zero-order valence-corrected chi connectivity index (χ0v) is 14.1. The van der Waals surface area contributed by atoms with Crippen LogP contribution < -0.4 is 0 Å². The SMILES string of the molecule is C=C(/C=C(\CCC(=O)OC)C1=CCCC=C1)c1cc(C)c(F)cn1. The minimum atomic E-state index is -0.334. The van der Waals surface area contributed by atoms with Gasteiger partial charge in [-0.25, -0.2) is 4.39 Å². The molecular weight excluding hydrogens is 305 g/mol. The normalized spacial score (nSPS) is 14.3. The van der Waals surface area contributed by atoms with Crippen LogP contribution in [0.5, 0.6) is 0 Å². The van der Waals surface area contributed by atoms with Crippen LogP contribution >= 0.6 is 0 Å². The standard InChI is InChI=1S/C20H22FNO2/c1-14-12-19(22-13-18(14)21)15(2)11-17(9-10-20(23)24-3)16-7-5-4-6-8-16/h5,7-8,11-13H,2,4,6,9-10H2,1,3H3/b17-11+. The molecule has 1 heterocycles. The first-order chi connectivity index (χ1) is 11.5. The second kappa shape index (κ2) is 8.39. The third kappa shape index (κ3) is 4.75. The number of pyridine rings is 1. The van der Waals surface area contributed by atoms with E-state index in [1.807, 2.05) is 6.08 Å². The molecule has 126 valence electrons. The third-order valence-corrected chi connectivity index (χ3v) is 3.92. The number of halogens is 1. The van der Waals surface area contributed by atoms with Crippen molar-refractivity contribution in [3.8, 4) is 0 Å². The van der Waals surface area contributed by atoms with Crippen molar-refractivity contribution in [1.29, 1.82) is 0 Å². The van der Waals surface area contributed by atoms with Gasteiger partial charge in [-0.3, -0.25) is 9.78 Å². The average molecular weight is 327 g/mol. The Labute approximate surface area is 142 Å². The molecule has 0 unspecified atom stereocenters. The summed E-state index contributed by atoms with van der Waals surface area (Å²) in [5.41, 5.74) is 3.94. The van der Waals surface area contributed by atoms with Crippen molar-refractivity contribution >= 4 is 11.5 Å². The van der Waals surface area contributed by atoms with Crippen molar-refractivity contribution in [3.05, 3.63) is 71.4 Å². The summed E-state index contributed by atoms with van der Waals surface area (Å²) in [6.45, 7) is 5.75. The van der Waals surface area contributed by atoms with Gasteiger partial charge in [-0.1, -0.05) is 24.8 Å². The molecule has 0 radical (unpaired) electrons. The molecule has 0 atom stereocenters. The summed E-state index contributed by atoms with van der Waals surface area (Å²) < 4.78 is 18.1. The van der Waals surface area contributed by atoms with E-state index in [1.165, 1.54) is 13.3 Å². The molecular formula is C20H22FNO2. The van der Waals surface area contributed by atoms with Crippen molar-refractivity contribution in [2.75, 3.05) is 7.11 Å². The highest BCUT2D eigenvalue weighted by Crippen LogP contribution is 2.26. The number of methoxy groups -OCH3 is 1. The van der Waals surface area contributed by atoms with Gasteiger partial charge in [0.1, 0.15) is 5.82 Å². The van der Waals surface area contributed by atoms with E-state index < -0.39 is 0 Å². The molecule has 0 bridgehead atoms. The molecule has 0 N–H and O–H groups in total. The average Bonchev–Trinajstić information content (AvgIpc) is 2.61. The zero-order valence-electron chi connectivity index (χ0n) is 14.1. The number of hydrogen-bond acceptors (Lipinski definition) is 3. The Bertz CT molecular complexity index is 729. The van der Waals surface area contributed by atoms with Gasteiger partial charge < -0.3 is 4.74 Å². The van der Waals surface area contributed by atoms with Gasteiger partial charge in [0.05, 0.1) is 19.0 Å². The Balaban J connectivity index is 2.26. The van der Waals surface area contributed by atoms with Crippen molar-refractivity contribution in [1.82, 2.24) is 4.98 Å². The highest BCUT2D eigenvalue weighted by Gasteiger charge is 2.11. The second-order valence-electron chi connectivity index (χ2n) is 5.73. The monoisotopic (exact) mass is 327 g/mol. The Kier molecular flexibility index (Phi) is 6.24. The van der Waals surface area contributed by atoms with E-state index in [9.17, 15) is 9.18 Å². The van der Waals surface area contributed by atoms with Crippen LogP contribution in [0.25, 0.3) is 5.57 Å². The Hall–Kier alpha value is -2.49. The van der Waals surface area contributed by atoms with Crippen molar-refractivity contribution in [2.24, 2.45) is 0 Å². The lowest BCUT2D eigenvalue weighted by Crippen LogP contribution is -2.02. The Morgan fingerprint density at radius 1 is 1.42 bits per heavy atom. The van der Waals surface area contributed by atoms with Crippen LogP contribution in [0, 0.1) is 12.7 Å². The maximum absolute atomic E-state index is 13.4. The fraction of sp³-hybridized carbons (Fsp3) is 0.300. The number of carbonyl (C=O) groups is 1. The largest absolute Gasteiger partial charge is 0.469 e. The summed E-state index contributed by atoms with van der Waals surface area (Å²) in [6, 6.07) is 1.68. The Morgan fingerprint density at radius 2 is 2.21 bits per heavy atom. The molecule has 0 saturated carbocycles. The first-order valence-corrected chi connectivity index (χ1v) is 7.97. The van der Waals surface area contributed by atoms with Gasteiger partial charge in [0.15, 0.2) is 0 Å². The number of aryl methyl sites for hydroxylation is 1. The van der Waals surface area contributed by atoms with Crippen molar-refractivity contribution < 1.29 is 13.9 Å². The number of hydrogen-bond donors (Lipinski definition) is 0. The van der Waals surface area contributed by atoms with Crippen LogP contribution in [0.2, 0.25) is 0 Å². The molecule has 0 aliphatic heterocycles. The maximum atomic E-state index is 13.4. The molecule has 0 saturated heterocycles. The van der Waals surface area contributed by atoms with Crippen LogP contribution in [0.4, 0.5) is 4.39 Å². The summed E-state index contributed by atoms with van der Waals surface area (Å²) in [5.74, 6) is -0.581. The zero-order chi connectivity index (χ0) is 17.5. The molecule has 4 heteroatoms. The van der Waals surface area contributed by atoms with Gasteiger partial charge >= 0.3 is 5.97 Å². The number of allylic oxidation sites excluding steroid dienone is 7. The fourth-order valence-electron chi connectivity index (χ4n) is 2.49. The van der Waals surface area contributed by atoms with E-state index in [1.54, 1.807) is 13.0 Å². The second-order valence-corrected chi connectivity index (χ2v) is 5.73. The van der Waals surface area contributed by atoms with Gasteiger partial charge in [0.2, 0.25) is 0 Å². The number of carbonyl (C=O) groups excluding carboxylic acids is 1. The smallest absolute Gasteiger partial charge is 0.305 e. The molecule has 2 rings (SSSR count). The van der Waals surface area contributed by atoms with Crippen LogP contribution in [-0.2, 0) is 9.53 Å². The molecule has 24 heavy (non-hydrogen) atoms. The first-order valence-electron chi connectivity index (χ1n) is 7.97.